The highest BCUT2D eigenvalue weighted by Gasteiger charge is 2.31. The average Bonchev–Trinajstić information content (AvgIpc) is 3.54. The molecule has 1 fully saturated rings. The first-order valence-corrected chi connectivity index (χ1v) is 12.6. The quantitative estimate of drug-likeness (QED) is 0.375. The number of tetrazole rings is 1. The highest BCUT2D eigenvalue weighted by Crippen LogP contribution is 2.33. The summed E-state index contributed by atoms with van der Waals surface area (Å²) >= 11 is 1.72. The van der Waals surface area contributed by atoms with Crippen molar-refractivity contribution in [3.8, 4) is 5.75 Å². The van der Waals surface area contributed by atoms with Gasteiger partial charge in [0.25, 0.3) is 0 Å². The molecular weight excluding hydrogens is 477 g/mol. The van der Waals surface area contributed by atoms with Gasteiger partial charge in [-0.25, -0.2) is 14.1 Å². The second kappa shape index (κ2) is 9.63. The molecule has 0 spiro atoms. The molecule has 2 aromatic heterocycles. The van der Waals surface area contributed by atoms with E-state index in [1.807, 2.05) is 30.3 Å². The number of hydrogen-bond donors (Lipinski definition) is 1. The van der Waals surface area contributed by atoms with E-state index in [-0.39, 0.29) is 17.6 Å². The standard InChI is InChI=1S/C26H24FN7OS/c27-20-9-5-18(6-10-20)17-34-25(29-30-31-34)24(19-7-11-21(35)12-8-19)32-13-15-33(16-14-32)26-28-22-3-1-2-4-23(22)36-26/h1-12,24,35H,13-17H2. The van der Waals surface area contributed by atoms with Crippen LogP contribution in [0.3, 0.4) is 0 Å². The van der Waals surface area contributed by atoms with Gasteiger partial charge < -0.3 is 10.0 Å². The Labute approximate surface area is 211 Å². The summed E-state index contributed by atoms with van der Waals surface area (Å²) in [5, 5.41) is 23.5. The largest absolute Gasteiger partial charge is 0.508 e. The van der Waals surface area contributed by atoms with Gasteiger partial charge in [-0.05, 0) is 58.0 Å². The zero-order valence-electron chi connectivity index (χ0n) is 19.4. The van der Waals surface area contributed by atoms with Gasteiger partial charge in [0.05, 0.1) is 22.8 Å². The normalized spacial score (nSPS) is 15.4. The van der Waals surface area contributed by atoms with E-state index >= 15 is 0 Å². The summed E-state index contributed by atoms with van der Waals surface area (Å²) in [5.74, 6) is 0.645. The van der Waals surface area contributed by atoms with Gasteiger partial charge in [0.2, 0.25) is 0 Å². The predicted molar refractivity (Wildman–Crippen MR) is 137 cm³/mol. The van der Waals surface area contributed by atoms with Crippen LogP contribution in [-0.2, 0) is 6.54 Å². The number of phenols is 1. The molecule has 1 unspecified atom stereocenters. The molecule has 6 rings (SSSR count). The summed E-state index contributed by atoms with van der Waals surface area (Å²) in [6, 6.07) is 21.6. The van der Waals surface area contributed by atoms with Crippen molar-refractivity contribution in [2.24, 2.45) is 0 Å². The lowest BCUT2D eigenvalue weighted by atomic mass is 10.0. The van der Waals surface area contributed by atoms with Crippen molar-refractivity contribution < 1.29 is 9.50 Å². The zero-order chi connectivity index (χ0) is 24.5. The van der Waals surface area contributed by atoms with Crippen LogP contribution in [0.15, 0.2) is 72.8 Å². The number of benzene rings is 3. The fourth-order valence-corrected chi connectivity index (χ4v) is 5.65. The summed E-state index contributed by atoms with van der Waals surface area (Å²) in [4.78, 5) is 9.52. The monoisotopic (exact) mass is 501 g/mol. The topological polar surface area (TPSA) is 83.2 Å². The Hall–Kier alpha value is -3.89. The van der Waals surface area contributed by atoms with Gasteiger partial charge in [-0.1, -0.05) is 47.7 Å². The number of thiazole rings is 1. The highest BCUT2D eigenvalue weighted by atomic mass is 32.1. The molecule has 1 atom stereocenters. The van der Waals surface area contributed by atoms with Crippen LogP contribution in [-0.4, -0.2) is 61.4 Å². The summed E-state index contributed by atoms with van der Waals surface area (Å²) < 4.78 is 16.4. The van der Waals surface area contributed by atoms with E-state index in [4.69, 9.17) is 4.98 Å². The van der Waals surface area contributed by atoms with Crippen LogP contribution in [0.4, 0.5) is 9.52 Å². The maximum atomic E-state index is 13.4. The first-order valence-electron chi connectivity index (χ1n) is 11.8. The summed E-state index contributed by atoms with van der Waals surface area (Å²) in [6.07, 6.45) is 0. The molecule has 3 aromatic carbocycles. The fraction of sp³-hybridized carbons (Fsp3) is 0.231. The van der Waals surface area contributed by atoms with E-state index in [1.54, 1.807) is 40.3 Å². The Morgan fingerprint density at radius 2 is 1.67 bits per heavy atom. The number of para-hydroxylation sites is 1. The average molecular weight is 502 g/mol. The van der Waals surface area contributed by atoms with Crippen LogP contribution < -0.4 is 4.90 Å². The van der Waals surface area contributed by atoms with Crippen LogP contribution in [0, 0.1) is 5.82 Å². The van der Waals surface area contributed by atoms with Gasteiger partial charge in [-0.15, -0.1) is 5.10 Å². The van der Waals surface area contributed by atoms with Crippen LogP contribution in [0.1, 0.15) is 23.0 Å². The molecule has 36 heavy (non-hydrogen) atoms. The summed E-state index contributed by atoms with van der Waals surface area (Å²) in [7, 11) is 0. The van der Waals surface area contributed by atoms with Crippen molar-refractivity contribution >= 4 is 26.7 Å². The Bertz CT molecular complexity index is 1430. The SMILES string of the molecule is Oc1ccc(C(c2nnnn2Cc2ccc(F)cc2)N2CCN(c3nc4ccccc4s3)CC2)cc1. The van der Waals surface area contributed by atoms with Crippen molar-refractivity contribution in [2.75, 3.05) is 31.1 Å². The van der Waals surface area contributed by atoms with Gasteiger partial charge in [0.1, 0.15) is 11.6 Å². The minimum atomic E-state index is -0.274. The number of anilines is 1. The summed E-state index contributed by atoms with van der Waals surface area (Å²) in [6.45, 7) is 3.68. The number of fused-ring (bicyclic) bond motifs is 1. The lowest BCUT2D eigenvalue weighted by Crippen LogP contribution is -2.48. The molecule has 1 aliphatic heterocycles. The van der Waals surface area contributed by atoms with E-state index in [0.29, 0.717) is 12.4 Å². The number of piperazine rings is 1. The Kier molecular flexibility index (Phi) is 6.04. The van der Waals surface area contributed by atoms with Crippen molar-refractivity contribution in [2.45, 2.75) is 12.6 Å². The number of phenolic OH excluding ortho intramolecular Hbond substituents is 1. The molecule has 5 aromatic rings. The van der Waals surface area contributed by atoms with E-state index < -0.39 is 0 Å². The first kappa shape index (κ1) is 22.6. The molecule has 8 nitrogen and oxygen atoms in total. The Morgan fingerprint density at radius 1 is 0.917 bits per heavy atom. The molecule has 1 N–H and O–H groups in total. The van der Waals surface area contributed by atoms with Gasteiger partial charge >= 0.3 is 0 Å². The van der Waals surface area contributed by atoms with Gasteiger partial charge in [0, 0.05) is 26.2 Å². The number of rotatable bonds is 6. The van der Waals surface area contributed by atoms with Crippen LogP contribution in [0.25, 0.3) is 10.2 Å². The number of aromatic nitrogens is 5. The minimum absolute atomic E-state index is 0.196. The molecule has 0 saturated carbocycles. The third-order valence-electron chi connectivity index (χ3n) is 6.49. The van der Waals surface area contributed by atoms with E-state index in [9.17, 15) is 9.50 Å². The van der Waals surface area contributed by atoms with E-state index in [1.165, 1.54) is 16.8 Å². The van der Waals surface area contributed by atoms with Crippen LogP contribution >= 0.6 is 11.3 Å². The zero-order valence-corrected chi connectivity index (χ0v) is 20.2. The van der Waals surface area contributed by atoms with Crippen LogP contribution in [0.5, 0.6) is 5.75 Å². The van der Waals surface area contributed by atoms with E-state index in [2.05, 4.69) is 31.4 Å². The Morgan fingerprint density at radius 3 is 2.42 bits per heavy atom. The van der Waals surface area contributed by atoms with Gasteiger partial charge in [0.15, 0.2) is 11.0 Å². The maximum absolute atomic E-state index is 13.4. The second-order valence-electron chi connectivity index (χ2n) is 8.80. The lowest BCUT2D eigenvalue weighted by molar-refractivity contribution is 0.201. The first-order chi connectivity index (χ1) is 17.6. The molecule has 10 heteroatoms. The van der Waals surface area contributed by atoms with Crippen molar-refractivity contribution in [1.82, 2.24) is 30.1 Å². The van der Waals surface area contributed by atoms with Crippen molar-refractivity contribution in [3.63, 3.8) is 0 Å². The third-order valence-corrected chi connectivity index (χ3v) is 7.59. The second-order valence-corrected chi connectivity index (χ2v) is 9.81. The van der Waals surface area contributed by atoms with Crippen LogP contribution in [0.2, 0.25) is 0 Å². The molecule has 0 amide bonds. The van der Waals surface area contributed by atoms with E-state index in [0.717, 1.165) is 48.0 Å². The molecule has 182 valence electrons. The maximum Gasteiger partial charge on any atom is 0.186 e. The molecule has 0 aliphatic carbocycles. The van der Waals surface area contributed by atoms with Crippen molar-refractivity contribution in [3.05, 3.63) is 95.6 Å². The molecule has 1 saturated heterocycles. The number of aromatic hydroxyl groups is 1. The number of nitrogens with zero attached hydrogens (tertiary/aromatic N) is 7. The molecule has 3 heterocycles. The number of halogens is 1. The van der Waals surface area contributed by atoms with Gasteiger partial charge in [-0.3, -0.25) is 4.90 Å². The smallest absolute Gasteiger partial charge is 0.186 e. The van der Waals surface area contributed by atoms with Gasteiger partial charge in [-0.2, -0.15) is 0 Å². The third kappa shape index (κ3) is 4.52. The molecule has 0 bridgehead atoms. The highest BCUT2D eigenvalue weighted by molar-refractivity contribution is 7.22. The lowest BCUT2D eigenvalue weighted by Gasteiger charge is -2.38. The predicted octanol–water partition coefficient (Wildman–Crippen LogP) is 4.09. The molecule has 0 radical (unpaired) electrons. The number of hydrogen-bond acceptors (Lipinski definition) is 8. The fourth-order valence-electron chi connectivity index (χ4n) is 4.63. The molecular formula is C26H24FN7OS. The minimum Gasteiger partial charge on any atom is -0.508 e. The van der Waals surface area contributed by atoms with Crippen molar-refractivity contribution in [1.29, 1.82) is 0 Å². The Balaban J connectivity index is 1.27. The molecule has 1 aliphatic rings. The summed E-state index contributed by atoms with van der Waals surface area (Å²) in [5.41, 5.74) is 2.94.